The molecule has 0 saturated heterocycles. The minimum Gasteiger partial charge on any atom is -0.478 e. The predicted molar refractivity (Wildman–Crippen MR) is 119 cm³/mol. The first-order chi connectivity index (χ1) is 14.3. The first kappa shape index (κ1) is 24.2. The van der Waals surface area contributed by atoms with Gasteiger partial charge < -0.3 is 22.3 Å². The van der Waals surface area contributed by atoms with Crippen molar-refractivity contribution < 1.29 is 18.3 Å². The van der Waals surface area contributed by atoms with Crippen molar-refractivity contribution >= 4 is 33.3 Å². The van der Waals surface area contributed by atoms with Gasteiger partial charge >= 0.3 is 5.97 Å². The second-order valence-corrected chi connectivity index (χ2v) is 9.77. The van der Waals surface area contributed by atoms with E-state index in [9.17, 15) is 18.3 Å². The van der Waals surface area contributed by atoms with Crippen LogP contribution in [0.2, 0.25) is 5.02 Å². The van der Waals surface area contributed by atoms with Gasteiger partial charge in [0.05, 0.1) is 10.5 Å². The smallest absolute Gasteiger partial charge is 0.335 e. The third kappa shape index (κ3) is 5.56. The number of sulfonamides is 1. The summed E-state index contributed by atoms with van der Waals surface area (Å²) in [7, 11) is -3.90. The molecule has 0 amide bonds. The summed E-state index contributed by atoms with van der Waals surface area (Å²) in [4.78, 5) is 11.4. The van der Waals surface area contributed by atoms with Gasteiger partial charge in [-0.25, -0.2) is 19.3 Å². The fourth-order valence-electron chi connectivity index (χ4n) is 3.87. The van der Waals surface area contributed by atoms with Gasteiger partial charge in [-0.3, -0.25) is 0 Å². The van der Waals surface area contributed by atoms with Crippen LogP contribution in [0.25, 0.3) is 0 Å². The fraction of sp³-hybridized carbons (Fsp3) is 0.348. The van der Waals surface area contributed by atoms with Crippen LogP contribution in [-0.2, 0) is 10.0 Å². The number of carbonyl (C=O) groups is 1. The predicted octanol–water partition coefficient (Wildman–Crippen LogP) is 5.61. The van der Waals surface area contributed by atoms with Crippen molar-refractivity contribution in [1.82, 2.24) is 0 Å². The molecule has 0 heterocycles. The van der Waals surface area contributed by atoms with Crippen LogP contribution in [0, 0.1) is 18.8 Å². The zero-order valence-corrected chi connectivity index (χ0v) is 21.3. The summed E-state index contributed by atoms with van der Waals surface area (Å²) in [5.74, 6) is -0.706. The van der Waals surface area contributed by atoms with E-state index in [1.807, 2.05) is 13.3 Å². The van der Waals surface area contributed by atoms with Gasteiger partial charge in [0, 0.05) is 10.7 Å². The third-order valence-electron chi connectivity index (χ3n) is 5.47. The van der Waals surface area contributed by atoms with Crippen LogP contribution in [0.5, 0.6) is 0 Å². The maximum atomic E-state index is 13.6. The molecule has 1 atom stereocenters. The van der Waals surface area contributed by atoms with Crippen LogP contribution < -0.4 is 4.31 Å². The SMILES string of the molecule is C[CH-]C([CH-]C1CCCCC1)N(c1ccc(C(=O)O)cc1)S(=O)(=O)c1ccc(Cl)cc1.[Es]. The molecule has 1 saturated carbocycles. The zero-order chi connectivity index (χ0) is 21.7. The average Bonchev–Trinajstić information content (AvgIpc) is 2.74. The topological polar surface area (TPSA) is 74.7 Å². The van der Waals surface area contributed by atoms with E-state index in [0.717, 1.165) is 25.7 Å². The number of anilines is 1. The number of carboxylic acids is 1. The Morgan fingerprint density at radius 1 is 1.06 bits per heavy atom. The number of nitrogens with zero attached hydrogens (tertiary/aromatic N) is 1. The second-order valence-electron chi connectivity index (χ2n) is 7.52. The molecular formula is C23H26ClEsNO4S-2. The Balaban J connectivity index is 0.00000341. The molecule has 1 aliphatic rings. The Bertz CT molecular complexity index is 958. The summed E-state index contributed by atoms with van der Waals surface area (Å²) < 4.78 is 28.6. The van der Waals surface area contributed by atoms with E-state index in [4.69, 9.17) is 11.6 Å². The molecule has 3 rings (SSSR count). The Kier molecular flexibility index (Phi) is 8.06. The summed E-state index contributed by atoms with van der Waals surface area (Å²) in [5.41, 5.74) is 0.529. The van der Waals surface area contributed by atoms with Gasteiger partial charge in [0.2, 0.25) is 0 Å². The number of rotatable bonds is 8. The van der Waals surface area contributed by atoms with E-state index in [1.54, 1.807) is 24.3 Å². The van der Waals surface area contributed by atoms with Crippen LogP contribution in [0.15, 0.2) is 53.4 Å². The standard InChI is InChI=1S/C23H26ClNO4S.Es/c1-2-20(16-17-6-4-3-5-7-17)25(21-12-8-18(9-13-21)23(26)27)30(28,29)22-14-10-19(24)11-15-22;/h2,8-17,20H,3-7H2,1H3,(H,26,27);/q-2;. The van der Waals surface area contributed by atoms with Crippen molar-refractivity contribution in [2.75, 3.05) is 4.31 Å². The quantitative estimate of drug-likeness (QED) is 0.364. The molecule has 31 heavy (non-hydrogen) atoms. The molecule has 0 bridgehead atoms. The van der Waals surface area contributed by atoms with Gasteiger partial charge in [-0.2, -0.15) is 12.8 Å². The molecule has 1 fully saturated rings. The molecule has 1 N–H and O–H groups in total. The average molecular weight is 700 g/mol. The third-order valence-corrected chi connectivity index (χ3v) is 7.56. The van der Waals surface area contributed by atoms with Crippen molar-refractivity contribution in [3.05, 3.63) is 72.0 Å². The summed E-state index contributed by atoms with van der Waals surface area (Å²) in [6.07, 6.45) is 9.59. The minimum absolute atomic E-state index is 0. The fourth-order valence-corrected chi connectivity index (χ4v) is 5.62. The first-order valence-electron chi connectivity index (χ1n) is 10.1. The number of carboxylic acid groups (broad SMARTS) is 1. The van der Waals surface area contributed by atoms with E-state index in [1.165, 1.54) is 35.0 Å². The van der Waals surface area contributed by atoms with E-state index in [0.29, 0.717) is 16.6 Å². The number of halogens is 1. The van der Waals surface area contributed by atoms with Gasteiger partial charge in [-0.1, -0.05) is 43.7 Å². The molecule has 1 radical (unpaired) electrons. The molecule has 1 unspecified atom stereocenters. The Hall–Kier alpha value is -3.05. The van der Waals surface area contributed by atoms with Gasteiger partial charge in [-0.05, 0) is 48.5 Å². The number of hydrogen-bond donors (Lipinski definition) is 1. The van der Waals surface area contributed by atoms with Crippen molar-refractivity contribution in [2.24, 2.45) is 5.92 Å². The Morgan fingerprint density at radius 3 is 2.16 bits per heavy atom. The van der Waals surface area contributed by atoms with E-state index in [-0.39, 0.29) is 10.5 Å². The molecule has 2 aromatic carbocycles. The molecule has 2 aromatic rings. The monoisotopic (exact) mass is 699 g/mol. The van der Waals surface area contributed by atoms with Crippen molar-refractivity contribution in [3.8, 4) is 0 Å². The zero-order valence-electron chi connectivity index (χ0n) is 17.2. The maximum absolute atomic E-state index is 13.6. The number of hydrogen-bond acceptors (Lipinski definition) is 3. The normalized spacial score (nSPS) is 15.7. The molecule has 173 valence electrons. The summed E-state index contributed by atoms with van der Waals surface area (Å²) in [6, 6.07) is 11.6. The minimum atomic E-state index is -3.90. The van der Waals surface area contributed by atoms with Crippen LogP contribution in [0.1, 0.15) is 49.4 Å². The molecule has 1 aliphatic carbocycles. The summed E-state index contributed by atoms with van der Waals surface area (Å²) in [5, 5.41) is 9.65. The molecule has 0 aromatic heterocycles. The first-order valence-corrected chi connectivity index (χ1v) is 11.9. The Labute approximate surface area is 183 Å². The van der Waals surface area contributed by atoms with Crippen LogP contribution in [-0.4, -0.2) is 25.5 Å². The number of benzene rings is 2. The molecule has 5 nitrogen and oxygen atoms in total. The number of aromatic carboxylic acids is 1. The summed E-state index contributed by atoms with van der Waals surface area (Å²) in [6.45, 7) is 1.85. The van der Waals surface area contributed by atoms with Crippen LogP contribution >= 0.6 is 11.6 Å². The van der Waals surface area contributed by atoms with Gasteiger partial charge in [0.15, 0.2) is 0 Å². The van der Waals surface area contributed by atoms with Gasteiger partial charge in [0.25, 0.3) is 10.0 Å². The molecular weight excluding hydrogens is 674 g/mol. The van der Waals surface area contributed by atoms with E-state index >= 15 is 0 Å². The van der Waals surface area contributed by atoms with E-state index in [2.05, 4.69) is 6.42 Å². The molecule has 0 aliphatic heterocycles. The second kappa shape index (κ2) is 10.3. The maximum Gasteiger partial charge on any atom is 0.335 e. The van der Waals surface area contributed by atoms with Crippen molar-refractivity contribution in [2.45, 2.75) is 50.0 Å². The summed E-state index contributed by atoms with van der Waals surface area (Å²) >= 11 is 5.95. The van der Waals surface area contributed by atoms with Crippen LogP contribution in [0.4, 0.5) is 5.69 Å². The van der Waals surface area contributed by atoms with Crippen LogP contribution in [0.3, 0.4) is 0 Å². The van der Waals surface area contributed by atoms with Crippen molar-refractivity contribution in [3.63, 3.8) is 0 Å². The largest absolute Gasteiger partial charge is 0.478 e. The van der Waals surface area contributed by atoms with Gasteiger partial charge in [-0.15, -0.1) is 0 Å². The van der Waals surface area contributed by atoms with E-state index < -0.39 is 22.0 Å². The Morgan fingerprint density at radius 2 is 1.65 bits per heavy atom. The molecule has 0 spiro atoms. The van der Waals surface area contributed by atoms with Crippen molar-refractivity contribution in [1.29, 1.82) is 0 Å². The van der Waals surface area contributed by atoms with Gasteiger partial charge in [0.1, 0.15) is 0 Å². The molecule has 8 heteroatoms.